The molecule has 13 rings (SSSR count). The van der Waals surface area contributed by atoms with Gasteiger partial charge in [-0.05, 0) is 381 Å². The fourth-order valence-electron chi connectivity index (χ4n) is 11.3. The largest absolute Gasteiger partial charge is 0.395 e. The summed E-state index contributed by atoms with van der Waals surface area (Å²) < 4.78 is 47.2. The van der Waals surface area contributed by atoms with Crippen molar-refractivity contribution in [1.82, 2.24) is 26.9 Å². The molecule has 0 heterocycles. The van der Waals surface area contributed by atoms with E-state index in [1.165, 1.54) is 46.0 Å². The first-order valence-corrected chi connectivity index (χ1v) is 43.8. The molecular formula is C91H84BrClF3I5N10O9. The van der Waals surface area contributed by atoms with Crippen LogP contribution in [0.1, 0.15) is 104 Å². The van der Waals surface area contributed by atoms with Crippen LogP contribution in [0.15, 0.2) is 247 Å². The van der Waals surface area contributed by atoms with Gasteiger partial charge in [0.15, 0.2) is 0 Å². The fraction of sp³-hybridized carbons (Fsp3) is 0.154. The summed E-state index contributed by atoms with van der Waals surface area (Å²) in [7, 11) is 0. The molecule has 1 aliphatic carbocycles. The first-order chi connectivity index (χ1) is 57.6. The van der Waals surface area contributed by atoms with E-state index in [0.29, 0.717) is 56.8 Å². The average Bonchev–Trinajstić information content (AvgIpc) is 1.56. The highest BCUT2D eigenvalue weighted by Crippen LogP contribution is 2.33. The normalized spacial score (nSPS) is 11.0. The molecule has 12 aromatic rings. The van der Waals surface area contributed by atoms with Crippen LogP contribution in [0.2, 0.25) is 5.02 Å². The van der Waals surface area contributed by atoms with Crippen molar-refractivity contribution >= 4 is 227 Å². The second-order valence-electron chi connectivity index (χ2n) is 27.0. The Morgan fingerprint density at radius 1 is 0.367 bits per heavy atom. The standard InChI is InChI=1S/C21H18BrIN2O2.C21H18FIN2O2.C17H16FIN2O.C16H16ClIN2O2.C16H16FIN2O2/c2*1-14-11-17(23)8-10-19(14)24-20-9-7-16(22)12-18(20)21(26)25-27-13-15-5-3-2-4-6-15;1-10-8-12(19)3-7-15(10)21-16-6-2-11(18)9-14(16)17(22)20-13-4-5-13;2*1-10-8-12(18)3-5-14(10)20-15-4-2-11(17)9-13(15)16(22)19-6-7-21/h2*2-12,24H,13H2,1H3,(H,25,26);2-3,6-9,13,21H,4-5H2,1H3,(H,20,22);2*2-5,8-9,20-21H,6-7H2,1H3,(H,19,22). The van der Waals surface area contributed by atoms with Gasteiger partial charge in [-0.25, -0.2) is 24.1 Å². The van der Waals surface area contributed by atoms with Gasteiger partial charge < -0.3 is 52.7 Å². The zero-order valence-electron chi connectivity index (χ0n) is 65.4. The zero-order chi connectivity index (χ0) is 86.4. The van der Waals surface area contributed by atoms with Crippen LogP contribution < -0.4 is 53.5 Å². The summed E-state index contributed by atoms with van der Waals surface area (Å²) in [5.41, 5.74) is 21.3. The lowest BCUT2D eigenvalue weighted by molar-refractivity contribution is 0.0232. The number of carbonyl (C=O) groups is 5. The maximum atomic E-state index is 13.7. The smallest absolute Gasteiger partial charge is 0.277 e. The Morgan fingerprint density at radius 2 is 0.650 bits per heavy atom. The van der Waals surface area contributed by atoms with Gasteiger partial charge in [-0.15, -0.1) is 0 Å². The summed E-state index contributed by atoms with van der Waals surface area (Å²) in [4.78, 5) is 72.3. The molecule has 19 nitrogen and oxygen atoms in total. The Morgan fingerprint density at radius 3 is 0.967 bits per heavy atom. The molecule has 1 saturated carbocycles. The predicted molar refractivity (Wildman–Crippen MR) is 517 cm³/mol. The molecule has 1 aliphatic rings. The number of hydroxylamine groups is 2. The highest BCUT2D eigenvalue weighted by atomic mass is 127. The van der Waals surface area contributed by atoms with E-state index in [4.69, 9.17) is 31.5 Å². The van der Waals surface area contributed by atoms with Crippen LogP contribution in [0.25, 0.3) is 0 Å². The van der Waals surface area contributed by atoms with Crippen LogP contribution >= 0.6 is 140 Å². The average molecular weight is 2270 g/mol. The summed E-state index contributed by atoms with van der Waals surface area (Å²) in [5.74, 6) is -3.15. The van der Waals surface area contributed by atoms with E-state index in [-0.39, 0.29) is 67.8 Å². The number of hydrogen-bond donors (Lipinski definition) is 12. The van der Waals surface area contributed by atoms with Crippen LogP contribution in [-0.4, -0.2) is 72.1 Å². The molecule has 12 aromatic carbocycles. The van der Waals surface area contributed by atoms with E-state index in [1.807, 2.05) is 180 Å². The molecule has 0 atom stereocenters. The van der Waals surface area contributed by atoms with Gasteiger partial charge in [0.1, 0.15) is 17.5 Å². The number of amides is 5. The summed E-state index contributed by atoms with van der Waals surface area (Å²) in [5, 5.41) is 42.4. The van der Waals surface area contributed by atoms with E-state index in [2.05, 4.69) is 201 Å². The van der Waals surface area contributed by atoms with E-state index in [0.717, 1.165) is 99.0 Å². The number of carbonyl (C=O) groups excluding carboxylic acids is 5. The minimum absolute atomic E-state index is 0.106. The Balaban J connectivity index is 0.000000171. The lowest BCUT2D eigenvalue weighted by Crippen LogP contribution is -2.27. The van der Waals surface area contributed by atoms with Crippen molar-refractivity contribution in [2.45, 2.75) is 66.7 Å². The van der Waals surface area contributed by atoms with Gasteiger partial charge in [0.05, 0.1) is 82.7 Å². The molecule has 0 aliphatic heterocycles. The number of hydrogen-bond acceptors (Lipinski definition) is 14. The molecule has 120 heavy (non-hydrogen) atoms. The van der Waals surface area contributed by atoms with E-state index in [1.54, 1.807) is 36.4 Å². The monoisotopic (exact) mass is 2270 g/mol. The van der Waals surface area contributed by atoms with E-state index >= 15 is 0 Å². The molecule has 0 bridgehead atoms. The highest BCUT2D eigenvalue weighted by molar-refractivity contribution is 14.1. The number of anilines is 10. The summed E-state index contributed by atoms with van der Waals surface area (Å²) in [6.45, 7) is 10.5. The van der Waals surface area contributed by atoms with Gasteiger partial charge in [-0.1, -0.05) is 88.2 Å². The lowest BCUT2D eigenvalue weighted by atomic mass is 10.1. The molecule has 1 fully saturated rings. The number of aliphatic hydroxyl groups excluding tert-OH is 2. The van der Waals surface area contributed by atoms with E-state index < -0.39 is 29.3 Å². The number of halogens is 10. The Bertz CT molecular complexity index is 5300. The van der Waals surface area contributed by atoms with Crippen molar-refractivity contribution in [2.24, 2.45) is 0 Å². The summed E-state index contributed by atoms with van der Waals surface area (Å²) in [6, 6.07) is 72.2. The highest BCUT2D eigenvalue weighted by Gasteiger charge is 2.26. The van der Waals surface area contributed by atoms with Gasteiger partial charge in [-0.3, -0.25) is 33.6 Å². The SMILES string of the molecule is Cc1cc(I)ccc1Nc1ccc(Br)cc1C(=O)NOCc1ccccc1.Cc1cc(I)ccc1Nc1ccc(Cl)cc1C(=O)NCCO.Cc1cc(I)ccc1Nc1ccc(F)cc1C(=O)NC1CC1.Cc1cc(I)ccc1Nc1ccc(F)cc1C(=O)NCCO.Cc1cc(I)ccc1Nc1ccc(F)cc1C(=O)NOCc1ccccc1. The Hall–Kier alpha value is -8.96. The zero-order valence-corrected chi connectivity index (χ0v) is 78.5. The molecule has 622 valence electrons. The van der Waals surface area contributed by atoms with Crippen LogP contribution in [-0.2, 0) is 22.9 Å². The minimum atomic E-state index is -0.518. The second-order valence-corrected chi connectivity index (χ2v) is 34.6. The molecule has 0 aromatic heterocycles. The fourth-order valence-corrected chi connectivity index (χ4v) is 15.0. The van der Waals surface area contributed by atoms with Gasteiger partial charge in [0.25, 0.3) is 29.5 Å². The quantitative estimate of drug-likeness (QED) is 0.0178. The van der Waals surface area contributed by atoms with Crippen molar-refractivity contribution in [3.63, 3.8) is 0 Å². The van der Waals surface area contributed by atoms with Gasteiger partial charge >= 0.3 is 0 Å². The number of aryl methyl sites for hydroxylation is 5. The van der Waals surface area contributed by atoms with Gasteiger partial charge in [-0.2, -0.15) is 0 Å². The van der Waals surface area contributed by atoms with Crippen molar-refractivity contribution < 1.29 is 57.0 Å². The van der Waals surface area contributed by atoms with Crippen molar-refractivity contribution in [3.05, 3.63) is 354 Å². The van der Waals surface area contributed by atoms with E-state index in [9.17, 15) is 37.1 Å². The topological polar surface area (TPSA) is 265 Å². The van der Waals surface area contributed by atoms with Crippen LogP contribution in [0.5, 0.6) is 0 Å². The van der Waals surface area contributed by atoms with Gasteiger partial charge in [0.2, 0.25) is 0 Å². The molecule has 5 amide bonds. The maximum Gasteiger partial charge on any atom is 0.277 e. The number of benzene rings is 12. The third-order valence-electron chi connectivity index (χ3n) is 17.6. The van der Waals surface area contributed by atoms with Crippen molar-refractivity contribution in [3.8, 4) is 0 Å². The Kier molecular flexibility index (Phi) is 38.0. The summed E-state index contributed by atoms with van der Waals surface area (Å²) >= 11 is 20.7. The van der Waals surface area contributed by atoms with Crippen molar-refractivity contribution in [1.29, 1.82) is 0 Å². The molecule has 0 spiro atoms. The van der Waals surface area contributed by atoms with Gasteiger partial charge in [0, 0.05) is 74.9 Å². The van der Waals surface area contributed by atoms with Crippen molar-refractivity contribution in [2.75, 3.05) is 52.9 Å². The minimum Gasteiger partial charge on any atom is -0.395 e. The Labute approximate surface area is 776 Å². The molecule has 0 unspecified atom stereocenters. The number of rotatable bonds is 26. The third-order valence-corrected chi connectivity index (χ3v) is 21.7. The maximum absolute atomic E-state index is 13.7. The first-order valence-electron chi connectivity index (χ1n) is 37.2. The molecule has 0 radical (unpaired) electrons. The number of nitrogens with one attached hydrogen (secondary N) is 10. The lowest BCUT2D eigenvalue weighted by Gasteiger charge is -2.15. The third kappa shape index (κ3) is 30.6. The molecule has 12 N–H and O–H groups in total. The molecule has 0 saturated heterocycles. The molecule has 29 heteroatoms. The molecular weight excluding hydrogens is 2180 g/mol. The van der Waals surface area contributed by atoms with Crippen LogP contribution in [0, 0.1) is 69.9 Å². The predicted octanol–water partition coefficient (Wildman–Crippen LogP) is 22.6. The summed E-state index contributed by atoms with van der Waals surface area (Å²) in [6.07, 6.45) is 2.00. The second kappa shape index (κ2) is 48.0. The van der Waals surface area contributed by atoms with Crippen LogP contribution in [0.4, 0.5) is 70.0 Å². The number of aliphatic hydroxyl groups is 2. The van der Waals surface area contributed by atoms with Crippen LogP contribution in [0.3, 0.4) is 0 Å². The first kappa shape index (κ1) is 94.9.